The maximum Gasteiger partial charge on any atom is 0.256 e. The van der Waals surface area contributed by atoms with Gasteiger partial charge in [-0.3, -0.25) is 4.79 Å². The quantitative estimate of drug-likeness (QED) is 0.499. The van der Waals surface area contributed by atoms with Crippen molar-refractivity contribution in [2.75, 3.05) is 5.32 Å². The van der Waals surface area contributed by atoms with Crippen LogP contribution in [0.2, 0.25) is 10.0 Å². The molecule has 7 heteroatoms. The first kappa shape index (κ1) is 18.1. The lowest BCUT2D eigenvalue weighted by Gasteiger charge is -2.25. The van der Waals surface area contributed by atoms with Gasteiger partial charge in [0.15, 0.2) is 6.17 Å². The first-order valence-electron chi connectivity index (χ1n) is 9.26. The van der Waals surface area contributed by atoms with Crippen molar-refractivity contribution in [1.29, 1.82) is 0 Å². The monoisotopic (exact) mass is 432 g/mol. The maximum atomic E-state index is 12.8. The van der Waals surface area contributed by atoms with Gasteiger partial charge in [-0.15, -0.1) is 11.3 Å². The Morgan fingerprint density at radius 3 is 2.82 bits per heavy atom. The number of benzene rings is 1. The van der Waals surface area contributed by atoms with Crippen LogP contribution < -0.4 is 10.6 Å². The molecule has 0 saturated carbocycles. The molecule has 0 radical (unpaired) electrons. The van der Waals surface area contributed by atoms with Gasteiger partial charge in [0, 0.05) is 10.4 Å². The van der Waals surface area contributed by atoms with Crippen LogP contribution in [0.5, 0.6) is 0 Å². The minimum absolute atomic E-state index is 0.0294. The summed E-state index contributed by atoms with van der Waals surface area (Å²) in [6, 6.07) is 9.11. The van der Waals surface area contributed by atoms with Crippen LogP contribution in [0.3, 0.4) is 0 Å². The summed E-state index contributed by atoms with van der Waals surface area (Å²) < 4.78 is 6.01. The van der Waals surface area contributed by atoms with Crippen molar-refractivity contribution in [2.24, 2.45) is 5.92 Å². The Morgan fingerprint density at radius 2 is 2.00 bits per heavy atom. The third-order valence-electron chi connectivity index (χ3n) is 5.41. The fourth-order valence-electron chi connectivity index (χ4n) is 3.92. The number of thiophene rings is 1. The average Bonchev–Trinajstić information content (AvgIpc) is 3.28. The third kappa shape index (κ3) is 3.02. The Bertz CT molecular complexity index is 1090. The molecular weight excluding hydrogens is 415 g/mol. The lowest BCUT2D eigenvalue weighted by Crippen LogP contribution is -2.38. The smallest absolute Gasteiger partial charge is 0.256 e. The number of fused-ring (bicyclic) bond motifs is 3. The Hall–Kier alpha value is -1.95. The van der Waals surface area contributed by atoms with E-state index >= 15 is 0 Å². The molecule has 144 valence electrons. The van der Waals surface area contributed by atoms with Gasteiger partial charge < -0.3 is 15.1 Å². The molecule has 3 heterocycles. The number of hydrogen-bond acceptors (Lipinski definition) is 4. The second-order valence-corrected chi connectivity index (χ2v) is 9.36. The second-order valence-electron chi connectivity index (χ2n) is 7.44. The van der Waals surface area contributed by atoms with Crippen LogP contribution in [0.25, 0.3) is 11.3 Å². The molecule has 2 N–H and O–H groups in total. The van der Waals surface area contributed by atoms with Crippen molar-refractivity contribution in [3.05, 3.63) is 62.1 Å². The van der Waals surface area contributed by atoms with Crippen LogP contribution in [0.1, 0.15) is 46.1 Å². The highest BCUT2D eigenvalue weighted by Crippen LogP contribution is 2.43. The van der Waals surface area contributed by atoms with E-state index in [9.17, 15) is 4.79 Å². The molecule has 1 amide bonds. The normalized spacial score (nSPS) is 20.9. The molecule has 0 spiro atoms. The van der Waals surface area contributed by atoms with Crippen molar-refractivity contribution >= 4 is 45.4 Å². The van der Waals surface area contributed by atoms with E-state index < -0.39 is 6.17 Å². The number of nitrogens with one attached hydrogen (secondary N) is 2. The predicted molar refractivity (Wildman–Crippen MR) is 114 cm³/mol. The van der Waals surface area contributed by atoms with Crippen LogP contribution in [-0.2, 0) is 12.8 Å². The van der Waals surface area contributed by atoms with Crippen molar-refractivity contribution in [3.63, 3.8) is 0 Å². The number of rotatable bonds is 2. The van der Waals surface area contributed by atoms with Crippen molar-refractivity contribution in [3.8, 4) is 11.3 Å². The molecule has 1 aliphatic heterocycles. The lowest BCUT2D eigenvalue weighted by molar-refractivity contribution is 0.0930. The van der Waals surface area contributed by atoms with E-state index in [-0.39, 0.29) is 5.91 Å². The van der Waals surface area contributed by atoms with Crippen molar-refractivity contribution in [1.82, 2.24) is 5.32 Å². The van der Waals surface area contributed by atoms with Crippen LogP contribution >= 0.6 is 34.5 Å². The fraction of sp³-hybridized carbons (Fsp3) is 0.286. The Kier molecular flexibility index (Phi) is 4.42. The fourth-order valence-corrected chi connectivity index (χ4v) is 5.65. The predicted octanol–water partition coefficient (Wildman–Crippen LogP) is 6.29. The molecule has 1 aliphatic carbocycles. The lowest BCUT2D eigenvalue weighted by atomic mass is 9.88. The van der Waals surface area contributed by atoms with Gasteiger partial charge in [0.2, 0.25) is 0 Å². The Labute approximate surface area is 176 Å². The summed E-state index contributed by atoms with van der Waals surface area (Å²) in [5.74, 6) is 1.97. The molecule has 2 atom stereocenters. The zero-order valence-corrected chi connectivity index (χ0v) is 17.5. The zero-order chi connectivity index (χ0) is 19.4. The number of carbonyl (C=O) groups is 1. The zero-order valence-electron chi connectivity index (χ0n) is 15.1. The largest absolute Gasteiger partial charge is 0.457 e. The van der Waals surface area contributed by atoms with Gasteiger partial charge in [-0.1, -0.05) is 30.1 Å². The third-order valence-corrected chi connectivity index (χ3v) is 7.33. The summed E-state index contributed by atoms with van der Waals surface area (Å²) in [6.45, 7) is 2.27. The summed E-state index contributed by atoms with van der Waals surface area (Å²) in [6.07, 6.45) is 2.77. The summed E-state index contributed by atoms with van der Waals surface area (Å²) in [7, 11) is 0. The summed E-state index contributed by atoms with van der Waals surface area (Å²) in [5.41, 5.74) is 2.88. The van der Waals surface area contributed by atoms with E-state index in [0.29, 0.717) is 27.5 Å². The molecule has 0 fully saturated rings. The number of furan rings is 1. The number of anilines is 1. The standard InChI is InChI=1S/C21H18Cl2N2O2S/c1-10-2-4-12-17(8-10)28-21-18(12)20(26)24-19(25-21)16-7-6-15(27-16)11-3-5-13(22)14(23)9-11/h3,5-7,9-10,19,25H,2,4,8H2,1H3,(H,24,26)/t10-,19+/m0/s1. The molecule has 1 aromatic carbocycles. The molecule has 2 aliphatic rings. The highest BCUT2D eigenvalue weighted by atomic mass is 35.5. The number of hydrogen-bond donors (Lipinski definition) is 2. The second kappa shape index (κ2) is 6.83. The molecule has 5 rings (SSSR count). The van der Waals surface area contributed by atoms with Crippen LogP contribution in [0.4, 0.5) is 5.00 Å². The first-order valence-corrected chi connectivity index (χ1v) is 10.8. The summed E-state index contributed by atoms with van der Waals surface area (Å²) >= 11 is 13.8. The minimum Gasteiger partial charge on any atom is -0.457 e. The van der Waals surface area contributed by atoms with E-state index in [4.69, 9.17) is 27.6 Å². The molecule has 0 unspecified atom stereocenters. The van der Waals surface area contributed by atoms with E-state index in [0.717, 1.165) is 35.4 Å². The Balaban J connectivity index is 1.44. The minimum atomic E-state index is -0.394. The van der Waals surface area contributed by atoms with Crippen LogP contribution in [0.15, 0.2) is 34.7 Å². The topological polar surface area (TPSA) is 54.3 Å². The van der Waals surface area contributed by atoms with Crippen molar-refractivity contribution in [2.45, 2.75) is 32.4 Å². The maximum absolute atomic E-state index is 12.8. The highest BCUT2D eigenvalue weighted by molar-refractivity contribution is 7.16. The van der Waals surface area contributed by atoms with Gasteiger partial charge in [-0.05, 0) is 61.1 Å². The van der Waals surface area contributed by atoms with Crippen LogP contribution in [-0.4, -0.2) is 5.91 Å². The Morgan fingerprint density at radius 1 is 1.14 bits per heavy atom. The SMILES string of the molecule is C[C@H]1CCc2c(sc3c2C(=O)N[C@@H](c2ccc(-c4ccc(Cl)c(Cl)c4)o2)N3)C1. The molecular formula is C21H18Cl2N2O2S. The number of carbonyl (C=O) groups excluding carboxylic acids is 1. The van der Waals surface area contributed by atoms with Gasteiger partial charge in [0.25, 0.3) is 5.91 Å². The summed E-state index contributed by atoms with van der Waals surface area (Å²) in [5, 5.41) is 8.41. The van der Waals surface area contributed by atoms with Gasteiger partial charge in [0.05, 0.1) is 15.6 Å². The molecule has 28 heavy (non-hydrogen) atoms. The molecule has 0 saturated heterocycles. The van der Waals surface area contributed by atoms with Gasteiger partial charge >= 0.3 is 0 Å². The molecule has 3 aromatic rings. The van der Waals surface area contributed by atoms with E-state index in [1.807, 2.05) is 18.2 Å². The van der Waals surface area contributed by atoms with E-state index in [1.165, 1.54) is 10.4 Å². The molecule has 0 bridgehead atoms. The average molecular weight is 433 g/mol. The van der Waals surface area contributed by atoms with Gasteiger partial charge in [-0.25, -0.2) is 0 Å². The van der Waals surface area contributed by atoms with Crippen LogP contribution in [0, 0.1) is 5.92 Å². The van der Waals surface area contributed by atoms with Gasteiger partial charge in [0.1, 0.15) is 16.5 Å². The van der Waals surface area contributed by atoms with Gasteiger partial charge in [-0.2, -0.15) is 0 Å². The molecule has 2 aromatic heterocycles. The van der Waals surface area contributed by atoms with E-state index in [1.54, 1.807) is 23.5 Å². The first-order chi connectivity index (χ1) is 13.5. The summed E-state index contributed by atoms with van der Waals surface area (Å²) in [4.78, 5) is 14.2. The number of amides is 1. The van der Waals surface area contributed by atoms with Crippen molar-refractivity contribution < 1.29 is 9.21 Å². The number of halogens is 2. The molecule has 4 nitrogen and oxygen atoms in total. The van der Waals surface area contributed by atoms with E-state index in [2.05, 4.69) is 17.6 Å². The highest BCUT2D eigenvalue weighted by Gasteiger charge is 2.34.